The van der Waals surface area contributed by atoms with E-state index < -0.39 is 5.92 Å². The van der Waals surface area contributed by atoms with Crippen LogP contribution in [0.1, 0.15) is 37.3 Å². The number of alkyl halides is 2. The van der Waals surface area contributed by atoms with Crippen molar-refractivity contribution in [3.63, 3.8) is 0 Å². The van der Waals surface area contributed by atoms with Gasteiger partial charge in [-0.3, -0.25) is 11.3 Å². The van der Waals surface area contributed by atoms with Crippen molar-refractivity contribution in [1.82, 2.24) is 5.43 Å². The van der Waals surface area contributed by atoms with Gasteiger partial charge >= 0.3 is 0 Å². The average Bonchev–Trinajstić information content (AvgIpc) is 2.49. The van der Waals surface area contributed by atoms with E-state index in [4.69, 9.17) is 5.84 Å². The highest BCUT2D eigenvalue weighted by Crippen LogP contribution is 2.41. The summed E-state index contributed by atoms with van der Waals surface area (Å²) >= 11 is 0. The predicted molar refractivity (Wildman–Crippen MR) is 80.9 cm³/mol. The van der Waals surface area contributed by atoms with Crippen LogP contribution in [0.4, 0.5) is 8.78 Å². The first-order valence-corrected chi connectivity index (χ1v) is 7.42. The lowest BCUT2D eigenvalue weighted by Crippen LogP contribution is -2.37. The zero-order valence-electron chi connectivity index (χ0n) is 11.9. The maximum atomic E-state index is 13.3. The molecule has 21 heavy (non-hydrogen) atoms. The maximum absolute atomic E-state index is 13.3. The van der Waals surface area contributed by atoms with E-state index in [2.05, 4.69) is 29.7 Å². The largest absolute Gasteiger partial charge is 0.271 e. The number of hydrogen-bond donors (Lipinski definition) is 2. The molecule has 0 amide bonds. The Hall–Kier alpha value is -1.52. The average molecular weight is 290 g/mol. The van der Waals surface area contributed by atoms with Crippen molar-refractivity contribution in [3.05, 3.63) is 48.0 Å². The Morgan fingerprint density at radius 3 is 2.38 bits per heavy atom. The van der Waals surface area contributed by atoms with Crippen molar-refractivity contribution < 1.29 is 8.78 Å². The number of fused-ring (bicyclic) bond motifs is 1. The third kappa shape index (κ3) is 3.06. The molecule has 1 saturated carbocycles. The Morgan fingerprint density at radius 2 is 1.71 bits per heavy atom. The van der Waals surface area contributed by atoms with E-state index in [-0.39, 0.29) is 24.8 Å². The predicted octanol–water partition coefficient (Wildman–Crippen LogP) is 4.17. The monoisotopic (exact) mass is 290 g/mol. The number of halogens is 2. The van der Waals surface area contributed by atoms with Gasteiger partial charge in [0.05, 0.1) is 0 Å². The van der Waals surface area contributed by atoms with Gasteiger partial charge in [-0.05, 0) is 41.2 Å². The molecule has 2 aromatic carbocycles. The van der Waals surface area contributed by atoms with Crippen molar-refractivity contribution in [1.29, 1.82) is 0 Å². The van der Waals surface area contributed by atoms with E-state index in [1.54, 1.807) is 0 Å². The molecule has 2 nitrogen and oxygen atoms in total. The van der Waals surface area contributed by atoms with Crippen molar-refractivity contribution in [3.8, 4) is 0 Å². The minimum atomic E-state index is -2.50. The molecule has 0 aromatic heterocycles. The van der Waals surface area contributed by atoms with Crippen LogP contribution in [0.5, 0.6) is 0 Å². The zero-order chi connectivity index (χ0) is 14.9. The van der Waals surface area contributed by atoms with Crippen molar-refractivity contribution >= 4 is 10.8 Å². The number of hydrogen-bond acceptors (Lipinski definition) is 2. The van der Waals surface area contributed by atoms with Gasteiger partial charge in [-0.15, -0.1) is 0 Å². The lowest BCUT2D eigenvalue weighted by atomic mass is 9.79. The molecule has 2 aromatic rings. The summed E-state index contributed by atoms with van der Waals surface area (Å²) in [5, 5.41) is 2.32. The molecule has 1 atom stereocenters. The number of nitrogens with two attached hydrogens (primary N) is 1. The van der Waals surface area contributed by atoms with Crippen molar-refractivity contribution in [2.75, 3.05) is 0 Å². The quantitative estimate of drug-likeness (QED) is 0.657. The molecule has 1 aliphatic carbocycles. The van der Waals surface area contributed by atoms with Crippen molar-refractivity contribution in [2.24, 2.45) is 11.8 Å². The molecule has 4 heteroatoms. The van der Waals surface area contributed by atoms with Crippen LogP contribution in [0, 0.1) is 5.92 Å². The second kappa shape index (κ2) is 5.70. The normalized spacial score (nSPS) is 20.5. The van der Waals surface area contributed by atoms with Gasteiger partial charge in [0, 0.05) is 18.9 Å². The van der Waals surface area contributed by atoms with Crippen LogP contribution in [0.15, 0.2) is 42.5 Å². The van der Waals surface area contributed by atoms with Crippen LogP contribution in [0.3, 0.4) is 0 Å². The minimum Gasteiger partial charge on any atom is -0.271 e. The fourth-order valence-corrected chi connectivity index (χ4v) is 3.30. The number of nitrogens with one attached hydrogen (secondary N) is 1. The Balaban J connectivity index is 1.84. The first kappa shape index (κ1) is 14.4. The molecule has 0 radical (unpaired) electrons. The van der Waals surface area contributed by atoms with Gasteiger partial charge in [0.15, 0.2) is 0 Å². The third-order valence-electron chi connectivity index (χ3n) is 4.55. The summed E-state index contributed by atoms with van der Waals surface area (Å²) in [6.07, 6.45) is 0.941. The first-order chi connectivity index (χ1) is 10.1. The smallest absolute Gasteiger partial charge is 0.248 e. The second-order valence-corrected chi connectivity index (χ2v) is 5.94. The summed E-state index contributed by atoms with van der Waals surface area (Å²) in [5.41, 5.74) is 3.91. The van der Waals surface area contributed by atoms with Gasteiger partial charge in [-0.1, -0.05) is 36.4 Å². The highest BCUT2D eigenvalue weighted by Gasteiger charge is 2.37. The van der Waals surface area contributed by atoms with Gasteiger partial charge in [-0.25, -0.2) is 8.78 Å². The molecule has 3 rings (SSSR count). The summed E-state index contributed by atoms with van der Waals surface area (Å²) in [6.45, 7) is 0. The number of rotatable bonds is 3. The number of hydrazine groups is 1. The first-order valence-electron chi connectivity index (χ1n) is 7.42. The van der Waals surface area contributed by atoms with Crippen LogP contribution in [0.2, 0.25) is 0 Å². The van der Waals surface area contributed by atoms with Crippen LogP contribution in [0.25, 0.3) is 10.8 Å². The van der Waals surface area contributed by atoms with Crippen LogP contribution in [-0.2, 0) is 0 Å². The highest BCUT2D eigenvalue weighted by atomic mass is 19.3. The highest BCUT2D eigenvalue weighted by molar-refractivity contribution is 5.83. The van der Waals surface area contributed by atoms with E-state index in [0.717, 1.165) is 10.9 Å². The van der Waals surface area contributed by atoms with Crippen LogP contribution in [-0.4, -0.2) is 5.92 Å². The molecule has 0 spiro atoms. The van der Waals surface area contributed by atoms with Gasteiger partial charge < -0.3 is 0 Å². The molecule has 0 bridgehead atoms. The summed E-state index contributed by atoms with van der Waals surface area (Å²) in [6, 6.07) is 14.3. The van der Waals surface area contributed by atoms with Gasteiger partial charge in [-0.2, -0.15) is 0 Å². The fraction of sp³-hybridized carbons (Fsp3) is 0.412. The summed E-state index contributed by atoms with van der Waals surface area (Å²) < 4.78 is 26.6. The Morgan fingerprint density at radius 1 is 1.05 bits per heavy atom. The third-order valence-corrected chi connectivity index (χ3v) is 4.55. The number of benzene rings is 2. The Labute approximate surface area is 123 Å². The van der Waals surface area contributed by atoms with Gasteiger partial charge in [0.2, 0.25) is 5.92 Å². The van der Waals surface area contributed by atoms with E-state index in [9.17, 15) is 8.78 Å². The van der Waals surface area contributed by atoms with E-state index in [1.807, 2.05) is 18.2 Å². The van der Waals surface area contributed by atoms with Crippen molar-refractivity contribution in [2.45, 2.75) is 37.6 Å². The standard InChI is InChI=1S/C17H20F2N2/c18-17(19)9-7-13(8-10-17)16(21-20)15-6-5-12-3-1-2-4-14(12)11-15/h1-6,11,13,16,21H,7-10,20H2. The van der Waals surface area contributed by atoms with E-state index >= 15 is 0 Å². The second-order valence-electron chi connectivity index (χ2n) is 5.94. The molecule has 112 valence electrons. The summed E-state index contributed by atoms with van der Waals surface area (Å²) in [5.74, 6) is 3.37. The lowest BCUT2D eigenvalue weighted by Gasteiger charge is -2.33. The molecule has 0 heterocycles. The van der Waals surface area contributed by atoms with E-state index in [1.165, 1.54) is 5.39 Å². The van der Waals surface area contributed by atoms with Crippen LogP contribution < -0.4 is 11.3 Å². The molecule has 1 fully saturated rings. The fourth-order valence-electron chi connectivity index (χ4n) is 3.30. The molecule has 3 N–H and O–H groups in total. The van der Waals surface area contributed by atoms with Crippen LogP contribution >= 0.6 is 0 Å². The molecule has 1 aliphatic rings. The minimum absolute atomic E-state index is 0.0383. The summed E-state index contributed by atoms with van der Waals surface area (Å²) in [7, 11) is 0. The maximum Gasteiger partial charge on any atom is 0.248 e. The van der Waals surface area contributed by atoms with Gasteiger partial charge in [0.1, 0.15) is 0 Å². The zero-order valence-corrected chi connectivity index (χ0v) is 11.9. The summed E-state index contributed by atoms with van der Waals surface area (Å²) in [4.78, 5) is 0. The molecular weight excluding hydrogens is 270 g/mol. The van der Waals surface area contributed by atoms with E-state index in [0.29, 0.717) is 12.8 Å². The Bertz CT molecular complexity index is 617. The topological polar surface area (TPSA) is 38.0 Å². The Kier molecular flexibility index (Phi) is 3.91. The van der Waals surface area contributed by atoms with Gasteiger partial charge in [0.25, 0.3) is 0 Å². The molecule has 1 unspecified atom stereocenters. The lowest BCUT2D eigenvalue weighted by molar-refractivity contribution is -0.0497. The molecule has 0 aliphatic heterocycles. The molecule has 0 saturated heterocycles. The SMILES string of the molecule is NNC(c1ccc2ccccc2c1)C1CCC(F)(F)CC1. The molecular formula is C17H20F2N2.